The first-order chi connectivity index (χ1) is 13.2. The Kier molecular flexibility index (Phi) is 3.97. The van der Waals surface area contributed by atoms with Crippen LogP contribution in [0, 0.1) is 12.8 Å². The predicted octanol–water partition coefficient (Wildman–Crippen LogP) is 7.92. The molecule has 5 rings (SSSR count). The Balaban J connectivity index is 1.74. The number of hydrogen-bond donors (Lipinski definition) is 0. The maximum atomic E-state index is 2.45. The molecule has 0 heterocycles. The molecule has 0 fully saturated rings. The SMILES string of the molecule is CCCC(C)C1CCc2c1ccc1c2ccc2c3cccc(C)c3ccc12. The van der Waals surface area contributed by atoms with Crippen molar-refractivity contribution in [1.82, 2.24) is 0 Å². The molecule has 0 spiro atoms. The molecule has 0 nitrogen and oxygen atoms in total. The summed E-state index contributed by atoms with van der Waals surface area (Å²) in [5, 5.41) is 8.45. The van der Waals surface area contributed by atoms with Gasteiger partial charge in [0.1, 0.15) is 0 Å². The van der Waals surface area contributed by atoms with Gasteiger partial charge in [0.15, 0.2) is 0 Å². The van der Waals surface area contributed by atoms with E-state index in [1.54, 1.807) is 11.1 Å². The van der Waals surface area contributed by atoms with Crippen molar-refractivity contribution in [1.29, 1.82) is 0 Å². The number of aryl methyl sites for hydroxylation is 2. The molecule has 0 radical (unpaired) electrons. The fourth-order valence-electron chi connectivity index (χ4n) is 5.56. The van der Waals surface area contributed by atoms with E-state index >= 15 is 0 Å². The molecule has 0 amide bonds. The van der Waals surface area contributed by atoms with Crippen LogP contribution in [0.3, 0.4) is 0 Å². The van der Waals surface area contributed by atoms with Gasteiger partial charge in [0.25, 0.3) is 0 Å². The largest absolute Gasteiger partial charge is 0.0654 e. The second kappa shape index (κ2) is 6.37. The van der Waals surface area contributed by atoms with Crippen LogP contribution in [0.1, 0.15) is 55.7 Å². The molecule has 0 heteroatoms. The molecular weight excluding hydrogens is 324 g/mol. The third-order valence-corrected chi connectivity index (χ3v) is 6.96. The van der Waals surface area contributed by atoms with E-state index in [-0.39, 0.29) is 0 Å². The van der Waals surface area contributed by atoms with Crippen molar-refractivity contribution in [3.8, 4) is 0 Å². The van der Waals surface area contributed by atoms with Crippen LogP contribution in [-0.2, 0) is 6.42 Å². The first kappa shape index (κ1) is 16.8. The Hall–Kier alpha value is -2.34. The average molecular weight is 353 g/mol. The lowest BCUT2D eigenvalue weighted by Gasteiger charge is -2.20. The summed E-state index contributed by atoms with van der Waals surface area (Å²) in [5.74, 6) is 1.54. The Morgan fingerprint density at radius 1 is 0.815 bits per heavy atom. The van der Waals surface area contributed by atoms with E-state index in [1.807, 2.05) is 0 Å². The van der Waals surface area contributed by atoms with Crippen molar-refractivity contribution >= 4 is 32.3 Å². The minimum Gasteiger partial charge on any atom is -0.0654 e. The molecule has 1 aliphatic carbocycles. The standard InChI is InChI=1S/C27H28/c1-4-6-17(2)19-9-11-24-22(19)13-14-27-25-12-10-20-18(3)7-5-8-21(20)23(25)15-16-26(24)27/h5,7-8,10,12-17,19H,4,6,9,11H2,1-3H3. The summed E-state index contributed by atoms with van der Waals surface area (Å²) in [7, 11) is 0. The van der Waals surface area contributed by atoms with Crippen molar-refractivity contribution in [2.75, 3.05) is 0 Å². The van der Waals surface area contributed by atoms with Gasteiger partial charge in [-0.05, 0) is 80.6 Å². The average Bonchev–Trinajstić information content (AvgIpc) is 3.12. The maximum absolute atomic E-state index is 2.45. The lowest BCUT2D eigenvalue weighted by molar-refractivity contribution is 0.422. The van der Waals surface area contributed by atoms with Gasteiger partial charge in [-0.25, -0.2) is 0 Å². The topological polar surface area (TPSA) is 0 Å². The van der Waals surface area contributed by atoms with E-state index in [0.29, 0.717) is 0 Å². The van der Waals surface area contributed by atoms with Gasteiger partial charge in [-0.1, -0.05) is 81.3 Å². The number of fused-ring (bicyclic) bond motifs is 7. The van der Waals surface area contributed by atoms with Gasteiger partial charge in [0.05, 0.1) is 0 Å². The Morgan fingerprint density at radius 3 is 2.22 bits per heavy atom. The van der Waals surface area contributed by atoms with Gasteiger partial charge < -0.3 is 0 Å². The van der Waals surface area contributed by atoms with Gasteiger partial charge in [0, 0.05) is 0 Å². The van der Waals surface area contributed by atoms with Crippen LogP contribution in [-0.4, -0.2) is 0 Å². The first-order valence-corrected chi connectivity index (χ1v) is 10.6. The zero-order valence-corrected chi connectivity index (χ0v) is 16.7. The highest BCUT2D eigenvalue weighted by Crippen LogP contribution is 2.44. The molecule has 0 N–H and O–H groups in total. The zero-order chi connectivity index (χ0) is 18.5. The van der Waals surface area contributed by atoms with Crippen molar-refractivity contribution in [3.05, 3.63) is 71.3 Å². The molecule has 2 unspecified atom stereocenters. The van der Waals surface area contributed by atoms with Gasteiger partial charge in [0.2, 0.25) is 0 Å². The molecular formula is C27H28. The van der Waals surface area contributed by atoms with Crippen LogP contribution in [0.25, 0.3) is 32.3 Å². The van der Waals surface area contributed by atoms with E-state index in [0.717, 1.165) is 11.8 Å². The number of benzene rings is 4. The van der Waals surface area contributed by atoms with E-state index in [4.69, 9.17) is 0 Å². The highest BCUT2D eigenvalue weighted by Gasteiger charge is 2.28. The lowest BCUT2D eigenvalue weighted by atomic mass is 9.85. The van der Waals surface area contributed by atoms with Crippen LogP contribution >= 0.6 is 0 Å². The highest BCUT2D eigenvalue weighted by molar-refractivity contribution is 6.18. The van der Waals surface area contributed by atoms with Gasteiger partial charge >= 0.3 is 0 Å². The third kappa shape index (κ3) is 2.50. The minimum absolute atomic E-state index is 0.749. The number of hydrogen-bond acceptors (Lipinski definition) is 0. The molecule has 4 aromatic rings. The molecule has 27 heavy (non-hydrogen) atoms. The predicted molar refractivity (Wildman–Crippen MR) is 119 cm³/mol. The summed E-state index contributed by atoms with van der Waals surface area (Å²) >= 11 is 0. The van der Waals surface area contributed by atoms with Crippen LogP contribution in [0.4, 0.5) is 0 Å². The van der Waals surface area contributed by atoms with Crippen LogP contribution < -0.4 is 0 Å². The molecule has 1 aliphatic rings. The van der Waals surface area contributed by atoms with Crippen LogP contribution in [0.2, 0.25) is 0 Å². The van der Waals surface area contributed by atoms with Crippen molar-refractivity contribution in [2.45, 2.75) is 52.4 Å². The quantitative estimate of drug-likeness (QED) is 0.328. The molecule has 2 atom stereocenters. The highest BCUT2D eigenvalue weighted by atomic mass is 14.3. The Bertz CT molecular complexity index is 1170. The molecule has 0 saturated heterocycles. The second-order valence-electron chi connectivity index (χ2n) is 8.54. The fraction of sp³-hybridized carbons (Fsp3) is 0.333. The number of rotatable bonds is 3. The summed E-state index contributed by atoms with van der Waals surface area (Å²) < 4.78 is 0. The van der Waals surface area contributed by atoms with Gasteiger partial charge in [-0.3, -0.25) is 0 Å². The van der Waals surface area contributed by atoms with E-state index in [9.17, 15) is 0 Å². The van der Waals surface area contributed by atoms with Crippen molar-refractivity contribution in [2.24, 2.45) is 5.92 Å². The Morgan fingerprint density at radius 2 is 1.44 bits per heavy atom. The summed E-state index contributed by atoms with van der Waals surface area (Å²) in [4.78, 5) is 0. The molecule has 0 bridgehead atoms. The summed E-state index contributed by atoms with van der Waals surface area (Å²) in [5.41, 5.74) is 4.60. The summed E-state index contributed by atoms with van der Waals surface area (Å²) in [6.07, 6.45) is 5.19. The van der Waals surface area contributed by atoms with Gasteiger partial charge in [-0.2, -0.15) is 0 Å². The minimum atomic E-state index is 0.749. The van der Waals surface area contributed by atoms with Crippen molar-refractivity contribution < 1.29 is 0 Å². The summed E-state index contributed by atoms with van der Waals surface area (Å²) in [6, 6.07) is 20.9. The smallest absolute Gasteiger partial charge is 0.00989 e. The maximum Gasteiger partial charge on any atom is -0.00989 e. The van der Waals surface area contributed by atoms with Crippen LogP contribution in [0.15, 0.2) is 54.6 Å². The molecule has 4 aromatic carbocycles. The normalized spacial score (nSPS) is 17.7. The van der Waals surface area contributed by atoms with Crippen LogP contribution in [0.5, 0.6) is 0 Å². The lowest BCUT2D eigenvalue weighted by Crippen LogP contribution is -2.06. The van der Waals surface area contributed by atoms with E-state index in [1.165, 1.54) is 63.6 Å². The first-order valence-electron chi connectivity index (χ1n) is 10.6. The monoisotopic (exact) mass is 352 g/mol. The fourth-order valence-corrected chi connectivity index (χ4v) is 5.56. The third-order valence-electron chi connectivity index (χ3n) is 6.96. The summed E-state index contributed by atoms with van der Waals surface area (Å²) in [6.45, 7) is 6.97. The molecule has 136 valence electrons. The molecule has 0 aromatic heterocycles. The van der Waals surface area contributed by atoms with E-state index in [2.05, 4.69) is 75.4 Å². The zero-order valence-electron chi connectivity index (χ0n) is 16.7. The van der Waals surface area contributed by atoms with Crippen molar-refractivity contribution in [3.63, 3.8) is 0 Å². The Labute approximate surface area is 162 Å². The van der Waals surface area contributed by atoms with Gasteiger partial charge in [-0.15, -0.1) is 0 Å². The second-order valence-corrected chi connectivity index (χ2v) is 8.54. The van der Waals surface area contributed by atoms with E-state index < -0.39 is 0 Å². The molecule has 0 aliphatic heterocycles. The molecule has 0 saturated carbocycles.